The highest BCUT2D eigenvalue weighted by molar-refractivity contribution is 5.81. The number of anilines is 6. The summed E-state index contributed by atoms with van der Waals surface area (Å²) >= 11 is 0. The van der Waals surface area contributed by atoms with Gasteiger partial charge in [-0.1, -0.05) is 63.1 Å². The topological polar surface area (TPSA) is 65.4 Å². The predicted molar refractivity (Wildman–Crippen MR) is 188 cm³/mol. The fourth-order valence-electron chi connectivity index (χ4n) is 5.34. The molecule has 5 aromatic carbocycles. The highest BCUT2D eigenvalue weighted by Gasteiger charge is 2.17. The fraction of sp³-hybridized carbons (Fsp3) is 0.250. The molecular formula is C40H44N2O4. The van der Waals surface area contributed by atoms with E-state index in [0.29, 0.717) is 24.3 Å². The molecule has 0 aliphatic rings. The molecule has 0 aromatic heterocycles. The van der Waals surface area contributed by atoms with E-state index in [2.05, 4.69) is 72.2 Å². The van der Waals surface area contributed by atoms with E-state index in [4.69, 9.17) is 9.47 Å². The fourth-order valence-corrected chi connectivity index (χ4v) is 5.34. The Hall–Kier alpha value is -4.78. The van der Waals surface area contributed by atoms with Crippen LogP contribution in [0.4, 0.5) is 34.1 Å². The van der Waals surface area contributed by atoms with Crippen LogP contribution in [-0.4, -0.2) is 22.8 Å². The number of para-hydroxylation sites is 2. The molecule has 0 aliphatic heterocycles. The number of aliphatic hydroxyl groups excluding tert-OH is 2. The van der Waals surface area contributed by atoms with Gasteiger partial charge in [0.15, 0.2) is 12.6 Å². The first-order chi connectivity index (χ1) is 22.6. The van der Waals surface area contributed by atoms with Crippen molar-refractivity contribution in [2.45, 2.75) is 65.0 Å². The number of rotatable bonds is 16. The van der Waals surface area contributed by atoms with Crippen LogP contribution in [-0.2, 0) is 0 Å². The molecule has 2 atom stereocenters. The van der Waals surface area contributed by atoms with Crippen molar-refractivity contribution >= 4 is 34.1 Å². The standard InChI is InChI=1S/C40H44N2O4/c1-3-5-17-39(43)45-37-27-23-35(24-28-37)42(36-25-29-38(30-26-36)46-40(44)18-6-4-2)34-21-19-33(20-22-34)41(31-13-9-7-10-14-31)32-15-11-8-12-16-32/h7-16,19-30,39-40,43-44H,3-6,17-18H2,1-2H3. The molecule has 238 valence electrons. The van der Waals surface area contributed by atoms with Crippen molar-refractivity contribution in [2.24, 2.45) is 0 Å². The number of aliphatic hydroxyl groups is 2. The number of nitrogens with zero attached hydrogens (tertiary/aromatic N) is 2. The maximum atomic E-state index is 10.3. The Kier molecular flexibility index (Phi) is 11.7. The molecule has 2 N–H and O–H groups in total. The second-order valence-electron chi connectivity index (χ2n) is 11.3. The molecule has 6 heteroatoms. The number of hydrogen-bond donors (Lipinski definition) is 2. The van der Waals surface area contributed by atoms with E-state index in [9.17, 15) is 10.2 Å². The Morgan fingerprint density at radius 2 is 0.717 bits per heavy atom. The summed E-state index contributed by atoms with van der Waals surface area (Å²) in [5, 5.41) is 20.5. The Bertz CT molecular complexity index is 1480. The molecule has 6 nitrogen and oxygen atoms in total. The maximum Gasteiger partial charge on any atom is 0.197 e. The quantitative estimate of drug-likeness (QED) is 0.108. The smallest absolute Gasteiger partial charge is 0.197 e. The van der Waals surface area contributed by atoms with Crippen molar-refractivity contribution in [3.05, 3.63) is 133 Å². The molecule has 0 heterocycles. The van der Waals surface area contributed by atoms with E-state index in [1.165, 1.54) is 0 Å². The molecular weight excluding hydrogens is 572 g/mol. The third kappa shape index (κ3) is 8.68. The lowest BCUT2D eigenvalue weighted by molar-refractivity contribution is -0.0247. The minimum atomic E-state index is -0.827. The van der Waals surface area contributed by atoms with E-state index in [1.54, 1.807) is 0 Å². The third-order valence-electron chi connectivity index (χ3n) is 7.74. The molecule has 5 rings (SSSR count). The van der Waals surface area contributed by atoms with Gasteiger partial charge in [0.05, 0.1) is 0 Å². The predicted octanol–water partition coefficient (Wildman–Crippen LogP) is 10.4. The summed E-state index contributed by atoms with van der Waals surface area (Å²) in [4.78, 5) is 4.40. The lowest BCUT2D eigenvalue weighted by Gasteiger charge is -2.28. The highest BCUT2D eigenvalue weighted by Crippen LogP contribution is 2.39. The van der Waals surface area contributed by atoms with Crippen LogP contribution >= 0.6 is 0 Å². The van der Waals surface area contributed by atoms with Crippen LogP contribution in [0, 0.1) is 0 Å². The van der Waals surface area contributed by atoms with E-state index in [1.807, 2.05) is 84.9 Å². The van der Waals surface area contributed by atoms with Crippen LogP contribution < -0.4 is 19.3 Å². The largest absolute Gasteiger partial charge is 0.465 e. The number of ether oxygens (including phenoxy) is 2. The molecule has 0 radical (unpaired) electrons. The van der Waals surface area contributed by atoms with Crippen LogP contribution in [0.1, 0.15) is 52.4 Å². The van der Waals surface area contributed by atoms with Crippen molar-refractivity contribution in [1.82, 2.24) is 0 Å². The number of hydrogen-bond acceptors (Lipinski definition) is 6. The van der Waals surface area contributed by atoms with Crippen molar-refractivity contribution in [1.29, 1.82) is 0 Å². The van der Waals surface area contributed by atoms with Gasteiger partial charge in [0.25, 0.3) is 0 Å². The Morgan fingerprint density at radius 1 is 0.435 bits per heavy atom. The third-order valence-corrected chi connectivity index (χ3v) is 7.74. The first-order valence-electron chi connectivity index (χ1n) is 16.3. The zero-order valence-corrected chi connectivity index (χ0v) is 26.7. The van der Waals surface area contributed by atoms with Crippen LogP contribution in [0.25, 0.3) is 0 Å². The average Bonchev–Trinajstić information content (AvgIpc) is 3.10. The van der Waals surface area contributed by atoms with E-state index in [-0.39, 0.29) is 0 Å². The van der Waals surface area contributed by atoms with Gasteiger partial charge in [-0.25, -0.2) is 0 Å². The second kappa shape index (κ2) is 16.5. The van der Waals surface area contributed by atoms with Crippen LogP contribution in [0.3, 0.4) is 0 Å². The maximum absolute atomic E-state index is 10.3. The molecule has 0 amide bonds. The Labute approximate surface area is 273 Å². The van der Waals surface area contributed by atoms with E-state index < -0.39 is 12.6 Å². The summed E-state index contributed by atoms with van der Waals surface area (Å²) in [7, 11) is 0. The molecule has 2 unspecified atom stereocenters. The van der Waals surface area contributed by atoms with Gasteiger partial charge in [0.2, 0.25) is 0 Å². The van der Waals surface area contributed by atoms with Crippen LogP contribution in [0.2, 0.25) is 0 Å². The van der Waals surface area contributed by atoms with Crippen molar-refractivity contribution in [2.75, 3.05) is 9.80 Å². The monoisotopic (exact) mass is 616 g/mol. The molecule has 0 fully saturated rings. The molecule has 0 saturated carbocycles. The van der Waals surface area contributed by atoms with E-state index in [0.717, 1.165) is 59.8 Å². The summed E-state index contributed by atoms with van der Waals surface area (Å²) in [6.07, 6.45) is 3.36. The second-order valence-corrected chi connectivity index (χ2v) is 11.3. The van der Waals surface area contributed by atoms with Crippen LogP contribution in [0.5, 0.6) is 11.5 Å². The van der Waals surface area contributed by atoms with Crippen molar-refractivity contribution < 1.29 is 19.7 Å². The first kappa shape index (κ1) is 32.6. The molecule has 46 heavy (non-hydrogen) atoms. The van der Waals surface area contributed by atoms with Gasteiger partial charge in [-0.3, -0.25) is 0 Å². The Balaban J connectivity index is 1.46. The summed E-state index contributed by atoms with van der Waals surface area (Å²) in [5.41, 5.74) is 6.03. The normalized spacial score (nSPS) is 12.3. The average molecular weight is 617 g/mol. The van der Waals surface area contributed by atoms with Gasteiger partial charge >= 0.3 is 0 Å². The molecule has 0 spiro atoms. The summed E-state index contributed by atoms with van der Waals surface area (Å²) < 4.78 is 11.5. The minimum Gasteiger partial charge on any atom is -0.465 e. The molecule has 0 bridgehead atoms. The van der Waals surface area contributed by atoms with Crippen LogP contribution in [0.15, 0.2) is 133 Å². The number of unbranched alkanes of at least 4 members (excludes halogenated alkanes) is 2. The molecule has 0 saturated heterocycles. The highest BCUT2D eigenvalue weighted by atomic mass is 16.6. The van der Waals surface area contributed by atoms with Gasteiger partial charge in [0.1, 0.15) is 11.5 Å². The van der Waals surface area contributed by atoms with E-state index >= 15 is 0 Å². The summed E-state index contributed by atoms with van der Waals surface area (Å²) in [5.74, 6) is 1.24. The van der Waals surface area contributed by atoms with Crippen molar-refractivity contribution in [3.63, 3.8) is 0 Å². The van der Waals surface area contributed by atoms with Gasteiger partial charge in [-0.05, 0) is 110 Å². The minimum absolute atomic E-state index is 0.598. The Morgan fingerprint density at radius 3 is 1.02 bits per heavy atom. The summed E-state index contributed by atoms with van der Waals surface area (Å²) in [6.45, 7) is 4.19. The van der Waals surface area contributed by atoms with Gasteiger partial charge < -0.3 is 29.5 Å². The number of benzene rings is 5. The molecule has 5 aromatic rings. The van der Waals surface area contributed by atoms with Crippen molar-refractivity contribution in [3.8, 4) is 11.5 Å². The lowest BCUT2D eigenvalue weighted by Crippen LogP contribution is -2.16. The summed E-state index contributed by atoms with van der Waals surface area (Å²) in [6, 6.07) is 44.7. The van der Waals surface area contributed by atoms with Gasteiger partial charge in [-0.2, -0.15) is 0 Å². The first-order valence-corrected chi connectivity index (χ1v) is 16.3. The van der Waals surface area contributed by atoms with Gasteiger partial charge in [0, 0.05) is 47.0 Å². The SMILES string of the molecule is CCCCC(O)Oc1ccc(N(c2ccc(OC(O)CCCC)cc2)c2ccc(N(c3ccccc3)c3ccccc3)cc2)cc1. The van der Waals surface area contributed by atoms with Gasteiger partial charge in [-0.15, -0.1) is 0 Å². The molecule has 0 aliphatic carbocycles. The lowest BCUT2D eigenvalue weighted by atomic mass is 10.1. The zero-order valence-electron chi connectivity index (χ0n) is 26.7. The zero-order chi connectivity index (χ0) is 32.1.